The van der Waals surface area contributed by atoms with Crippen LogP contribution in [0, 0.1) is 13.8 Å². The van der Waals surface area contributed by atoms with Crippen LogP contribution in [0.2, 0.25) is 0 Å². The molecule has 0 unspecified atom stereocenters. The first kappa shape index (κ1) is 12.8. The van der Waals surface area contributed by atoms with E-state index < -0.39 is 0 Å². The summed E-state index contributed by atoms with van der Waals surface area (Å²) in [5.74, 6) is 0. The first-order valence-corrected chi connectivity index (χ1v) is 6.37. The molecule has 2 rings (SSSR count). The molecule has 0 aliphatic rings. The minimum absolute atomic E-state index is 0.342. The molecule has 1 N–H and O–H groups in total. The van der Waals surface area contributed by atoms with Crippen molar-refractivity contribution >= 4 is 0 Å². The Bertz CT molecular complexity index is 503. The minimum Gasteiger partial charge on any atom is -0.305 e. The average molecular weight is 240 g/mol. The van der Waals surface area contributed by atoms with Gasteiger partial charge in [0.1, 0.15) is 0 Å². The van der Waals surface area contributed by atoms with Crippen LogP contribution in [0.3, 0.4) is 0 Å². The molecule has 1 aromatic carbocycles. The first-order chi connectivity index (χ1) is 8.66. The quantitative estimate of drug-likeness (QED) is 0.884. The molecule has 1 aromatic heterocycles. The third-order valence-electron chi connectivity index (χ3n) is 3.22. The second-order valence-corrected chi connectivity index (χ2v) is 4.79. The van der Waals surface area contributed by atoms with Crippen molar-refractivity contribution in [1.29, 1.82) is 0 Å². The van der Waals surface area contributed by atoms with Crippen molar-refractivity contribution in [2.45, 2.75) is 33.4 Å². The highest BCUT2D eigenvalue weighted by Crippen LogP contribution is 2.16. The van der Waals surface area contributed by atoms with Crippen molar-refractivity contribution < 1.29 is 0 Å². The Morgan fingerprint density at radius 3 is 2.56 bits per heavy atom. The molecule has 94 valence electrons. The highest BCUT2D eigenvalue weighted by Gasteiger charge is 2.07. The van der Waals surface area contributed by atoms with E-state index in [0.717, 1.165) is 12.2 Å². The zero-order valence-electron chi connectivity index (χ0n) is 11.3. The van der Waals surface area contributed by atoms with Crippen LogP contribution in [0.25, 0.3) is 0 Å². The van der Waals surface area contributed by atoms with E-state index in [1.54, 1.807) is 0 Å². The van der Waals surface area contributed by atoms with Crippen LogP contribution in [0.1, 0.15) is 35.3 Å². The fourth-order valence-electron chi connectivity index (χ4n) is 2.04. The number of benzene rings is 1. The van der Waals surface area contributed by atoms with Crippen molar-refractivity contribution in [1.82, 2.24) is 10.3 Å². The van der Waals surface area contributed by atoms with Gasteiger partial charge in [-0.1, -0.05) is 30.3 Å². The molecule has 1 heterocycles. The van der Waals surface area contributed by atoms with Gasteiger partial charge in [-0.05, 0) is 43.5 Å². The first-order valence-electron chi connectivity index (χ1n) is 6.37. The molecule has 0 aliphatic carbocycles. The molecular formula is C16H20N2. The lowest BCUT2D eigenvalue weighted by Gasteiger charge is -2.16. The molecule has 0 aliphatic heterocycles. The highest BCUT2D eigenvalue weighted by molar-refractivity contribution is 5.28. The summed E-state index contributed by atoms with van der Waals surface area (Å²) in [5, 5.41) is 3.51. The minimum atomic E-state index is 0.342. The third-order valence-corrected chi connectivity index (χ3v) is 3.22. The molecule has 0 saturated heterocycles. The average Bonchev–Trinajstić information content (AvgIpc) is 2.38. The Morgan fingerprint density at radius 2 is 1.89 bits per heavy atom. The van der Waals surface area contributed by atoms with Gasteiger partial charge in [-0.25, -0.2) is 0 Å². The summed E-state index contributed by atoms with van der Waals surface area (Å²) in [6, 6.07) is 13.0. The molecule has 0 spiro atoms. The SMILES string of the molecule is Cc1ccc(CN[C@H](C)c2ccccc2C)nc1. The number of hydrogen-bond donors (Lipinski definition) is 1. The number of pyridine rings is 1. The van der Waals surface area contributed by atoms with Crippen LogP contribution in [0.15, 0.2) is 42.6 Å². The molecule has 0 saturated carbocycles. The van der Waals surface area contributed by atoms with E-state index in [1.807, 2.05) is 6.20 Å². The largest absolute Gasteiger partial charge is 0.305 e. The third kappa shape index (κ3) is 3.17. The van der Waals surface area contributed by atoms with Crippen LogP contribution in [0.5, 0.6) is 0 Å². The maximum absolute atomic E-state index is 4.40. The summed E-state index contributed by atoms with van der Waals surface area (Å²) in [4.78, 5) is 4.40. The summed E-state index contributed by atoms with van der Waals surface area (Å²) in [7, 11) is 0. The van der Waals surface area contributed by atoms with E-state index in [-0.39, 0.29) is 0 Å². The molecule has 2 nitrogen and oxygen atoms in total. The monoisotopic (exact) mass is 240 g/mol. The Hall–Kier alpha value is -1.67. The number of nitrogens with one attached hydrogen (secondary N) is 1. The normalized spacial score (nSPS) is 12.4. The van der Waals surface area contributed by atoms with E-state index in [1.165, 1.54) is 16.7 Å². The van der Waals surface area contributed by atoms with Gasteiger partial charge in [-0.2, -0.15) is 0 Å². The lowest BCUT2D eigenvalue weighted by atomic mass is 10.0. The van der Waals surface area contributed by atoms with Gasteiger partial charge in [0.15, 0.2) is 0 Å². The number of hydrogen-bond acceptors (Lipinski definition) is 2. The van der Waals surface area contributed by atoms with E-state index >= 15 is 0 Å². The van der Waals surface area contributed by atoms with Crippen molar-refractivity contribution in [2.24, 2.45) is 0 Å². The lowest BCUT2D eigenvalue weighted by molar-refractivity contribution is 0.565. The van der Waals surface area contributed by atoms with Crippen molar-refractivity contribution in [3.05, 3.63) is 65.0 Å². The molecule has 2 heteroatoms. The fourth-order valence-corrected chi connectivity index (χ4v) is 2.04. The molecule has 18 heavy (non-hydrogen) atoms. The molecule has 0 amide bonds. The number of aryl methyl sites for hydroxylation is 2. The molecule has 0 bridgehead atoms. The zero-order chi connectivity index (χ0) is 13.0. The number of nitrogens with zero attached hydrogens (tertiary/aromatic N) is 1. The second kappa shape index (κ2) is 5.78. The number of aromatic nitrogens is 1. The summed E-state index contributed by atoms with van der Waals surface area (Å²) in [5.41, 5.74) is 4.96. The van der Waals surface area contributed by atoms with Crippen molar-refractivity contribution in [2.75, 3.05) is 0 Å². The van der Waals surface area contributed by atoms with Crippen LogP contribution in [-0.2, 0) is 6.54 Å². The predicted molar refractivity (Wildman–Crippen MR) is 75.4 cm³/mol. The second-order valence-electron chi connectivity index (χ2n) is 4.79. The van der Waals surface area contributed by atoms with Crippen LogP contribution >= 0.6 is 0 Å². The van der Waals surface area contributed by atoms with Gasteiger partial charge in [0, 0.05) is 18.8 Å². The van der Waals surface area contributed by atoms with Crippen molar-refractivity contribution in [3.63, 3.8) is 0 Å². The molecular weight excluding hydrogens is 220 g/mol. The summed E-state index contributed by atoms with van der Waals surface area (Å²) in [6.45, 7) is 7.20. The lowest BCUT2D eigenvalue weighted by Crippen LogP contribution is -2.19. The molecule has 1 atom stereocenters. The fraction of sp³-hybridized carbons (Fsp3) is 0.312. The van der Waals surface area contributed by atoms with Crippen molar-refractivity contribution in [3.8, 4) is 0 Å². The molecule has 0 radical (unpaired) electrons. The Kier molecular flexibility index (Phi) is 4.11. The van der Waals surface area contributed by atoms with E-state index in [9.17, 15) is 0 Å². The summed E-state index contributed by atoms with van der Waals surface area (Å²) >= 11 is 0. The van der Waals surface area contributed by atoms with Gasteiger partial charge in [0.25, 0.3) is 0 Å². The highest BCUT2D eigenvalue weighted by atomic mass is 14.9. The predicted octanol–water partition coefficient (Wildman–Crippen LogP) is 3.55. The van der Waals surface area contributed by atoms with E-state index in [0.29, 0.717) is 6.04 Å². The van der Waals surface area contributed by atoms with Gasteiger partial charge < -0.3 is 5.32 Å². The van der Waals surface area contributed by atoms with Gasteiger partial charge in [0.05, 0.1) is 5.69 Å². The maximum Gasteiger partial charge on any atom is 0.0542 e. The Labute approximate surface area is 109 Å². The van der Waals surface area contributed by atoms with Gasteiger partial charge >= 0.3 is 0 Å². The summed E-state index contributed by atoms with van der Waals surface area (Å²) in [6.07, 6.45) is 1.91. The Balaban J connectivity index is 1.98. The zero-order valence-corrected chi connectivity index (χ0v) is 11.3. The molecule has 0 fully saturated rings. The van der Waals surface area contributed by atoms with Crippen LogP contribution in [-0.4, -0.2) is 4.98 Å². The standard InChI is InChI=1S/C16H20N2/c1-12-8-9-15(18-10-12)11-17-14(3)16-7-5-4-6-13(16)2/h4-10,14,17H,11H2,1-3H3/t14-/m1/s1. The summed E-state index contributed by atoms with van der Waals surface area (Å²) < 4.78 is 0. The smallest absolute Gasteiger partial charge is 0.0542 e. The van der Waals surface area contributed by atoms with Gasteiger partial charge in [-0.3, -0.25) is 4.98 Å². The topological polar surface area (TPSA) is 24.9 Å². The van der Waals surface area contributed by atoms with Crippen LogP contribution < -0.4 is 5.32 Å². The van der Waals surface area contributed by atoms with Gasteiger partial charge in [0.2, 0.25) is 0 Å². The van der Waals surface area contributed by atoms with Crippen LogP contribution in [0.4, 0.5) is 0 Å². The van der Waals surface area contributed by atoms with E-state index in [2.05, 4.69) is 67.5 Å². The molecule has 2 aromatic rings. The Morgan fingerprint density at radius 1 is 1.11 bits per heavy atom. The van der Waals surface area contributed by atoms with E-state index in [4.69, 9.17) is 0 Å². The van der Waals surface area contributed by atoms with Gasteiger partial charge in [-0.15, -0.1) is 0 Å². The number of rotatable bonds is 4. The maximum atomic E-state index is 4.40.